The summed E-state index contributed by atoms with van der Waals surface area (Å²) >= 11 is 0. The van der Waals surface area contributed by atoms with Crippen LogP contribution in [-0.4, -0.2) is 20.9 Å². The van der Waals surface area contributed by atoms with Gasteiger partial charge in [0.25, 0.3) is 0 Å². The van der Waals surface area contributed by atoms with Crippen molar-refractivity contribution in [3.63, 3.8) is 0 Å². The highest BCUT2D eigenvalue weighted by Gasteiger charge is 2.23. The van der Waals surface area contributed by atoms with Gasteiger partial charge in [0.05, 0.1) is 4.92 Å². The van der Waals surface area contributed by atoms with E-state index in [1.54, 1.807) is 0 Å². The van der Waals surface area contributed by atoms with E-state index in [-0.39, 0.29) is 23.4 Å². The van der Waals surface area contributed by atoms with E-state index in [1.165, 1.54) is 6.33 Å². The predicted molar refractivity (Wildman–Crippen MR) is 81.2 cm³/mol. The van der Waals surface area contributed by atoms with Crippen molar-refractivity contribution >= 4 is 17.3 Å². The lowest BCUT2D eigenvalue weighted by Crippen LogP contribution is -2.14. The Kier molecular flexibility index (Phi) is 4.65. The highest BCUT2D eigenvalue weighted by Crippen LogP contribution is 2.29. The minimum Gasteiger partial charge on any atom is -0.362 e. The molecular weight excluding hydrogens is 270 g/mol. The van der Waals surface area contributed by atoms with Gasteiger partial charge >= 0.3 is 5.69 Å². The fraction of sp³-hybridized carbons (Fsp3) is 0.286. The van der Waals surface area contributed by atoms with Gasteiger partial charge in [-0.05, 0) is 19.4 Å². The van der Waals surface area contributed by atoms with E-state index in [1.807, 2.05) is 44.2 Å². The van der Waals surface area contributed by atoms with Gasteiger partial charge in [-0.25, -0.2) is 9.97 Å². The second-order valence-electron chi connectivity index (χ2n) is 4.81. The van der Waals surface area contributed by atoms with E-state index < -0.39 is 4.92 Å². The molecule has 0 bridgehead atoms. The maximum atomic E-state index is 11.3. The molecule has 0 aliphatic heterocycles. The Bertz CT molecular complexity index is 616. The Morgan fingerprint density at radius 3 is 2.48 bits per heavy atom. The van der Waals surface area contributed by atoms with Crippen LogP contribution in [0.2, 0.25) is 0 Å². The molecule has 1 heterocycles. The summed E-state index contributed by atoms with van der Waals surface area (Å²) in [5.74, 6) is 0.433. The number of aromatic nitrogens is 2. The third kappa shape index (κ3) is 3.88. The van der Waals surface area contributed by atoms with Gasteiger partial charge in [-0.2, -0.15) is 0 Å². The molecule has 2 rings (SSSR count). The fourth-order valence-corrected chi connectivity index (χ4v) is 1.84. The lowest BCUT2D eigenvalue weighted by molar-refractivity contribution is -0.383. The number of anilines is 2. The summed E-state index contributed by atoms with van der Waals surface area (Å²) in [5, 5.41) is 17.2. The molecule has 2 aromatic rings. The lowest BCUT2D eigenvalue weighted by atomic mass is 10.2. The van der Waals surface area contributed by atoms with Gasteiger partial charge in [0.1, 0.15) is 6.33 Å². The minimum absolute atomic E-state index is 0.0422. The third-order valence-corrected chi connectivity index (χ3v) is 2.73. The van der Waals surface area contributed by atoms with Crippen molar-refractivity contribution in [2.75, 3.05) is 10.6 Å². The summed E-state index contributed by atoms with van der Waals surface area (Å²) in [4.78, 5) is 18.7. The van der Waals surface area contributed by atoms with Crippen LogP contribution in [0.25, 0.3) is 0 Å². The normalized spacial score (nSPS) is 10.4. The average molecular weight is 287 g/mol. The predicted octanol–water partition coefficient (Wildman–Crippen LogP) is 2.82. The van der Waals surface area contributed by atoms with Crippen molar-refractivity contribution in [3.8, 4) is 0 Å². The molecule has 1 aromatic carbocycles. The summed E-state index contributed by atoms with van der Waals surface area (Å²) in [6, 6.07) is 9.66. The SMILES string of the molecule is CC(C)Nc1ncnc(NCc2ccccc2)c1[N+](=O)[O-]. The van der Waals surface area contributed by atoms with Crippen LogP contribution in [0.3, 0.4) is 0 Å². The lowest BCUT2D eigenvalue weighted by Gasteiger charge is -2.11. The van der Waals surface area contributed by atoms with E-state index in [2.05, 4.69) is 20.6 Å². The summed E-state index contributed by atoms with van der Waals surface area (Å²) in [6.07, 6.45) is 1.31. The second kappa shape index (κ2) is 6.65. The molecule has 0 radical (unpaired) electrons. The Labute approximate surface area is 122 Å². The van der Waals surface area contributed by atoms with E-state index in [0.717, 1.165) is 5.56 Å². The van der Waals surface area contributed by atoms with Gasteiger partial charge in [0, 0.05) is 12.6 Å². The van der Waals surface area contributed by atoms with Crippen LogP contribution in [0.5, 0.6) is 0 Å². The summed E-state index contributed by atoms with van der Waals surface area (Å²) < 4.78 is 0. The van der Waals surface area contributed by atoms with Crippen LogP contribution < -0.4 is 10.6 Å². The quantitative estimate of drug-likeness (QED) is 0.627. The average Bonchev–Trinajstić information content (AvgIpc) is 2.45. The molecule has 7 nitrogen and oxygen atoms in total. The van der Waals surface area contributed by atoms with E-state index >= 15 is 0 Å². The van der Waals surface area contributed by atoms with Crippen molar-refractivity contribution in [3.05, 3.63) is 52.3 Å². The first kappa shape index (κ1) is 14.7. The number of benzene rings is 1. The van der Waals surface area contributed by atoms with Crippen LogP contribution in [0.4, 0.5) is 17.3 Å². The molecule has 0 spiro atoms. The van der Waals surface area contributed by atoms with Crippen molar-refractivity contribution in [1.29, 1.82) is 0 Å². The number of hydrogen-bond acceptors (Lipinski definition) is 6. The van der Waals surface area contributed by atoms with Gasteiger partial charge in [0.2, 0.25) is 11.6 Å². The number of rotatable bonds is 6. The molecule has 110 valence electrons. The Balaban J connectivity index is 2.24. The molecule has 0 atom stereocenters. The van der Waals surface area contributed by atoms with Crippen molar-refractivity contribution < 1.29 is 4.92 Å². The summed E-state index contributed by atoms with van der Waals surface area (Å²) in [6.45, 7) is 4.24. The van der Waals surface area contributed by atoms with Crippen LogP contribution >= 0.6 is 0 Å². The molecular formula is C14H17N5O2. The van der Waals surface area contributed by atoms with E-state index in [9.17, 15) is 10.1 Å². The molecule has 0 saturated heterocycles. The zero-order chi connectivity index (χ0) is 15.2. The van der Waals surface area contributed by atoms with Crippen LogP contribution in [0.1, 0.15) is 19.4 Å². The van der Waals surface area contributed by atoms with Crippen LogP contribution in [0, 0.1) is 10.1 Å². The first-order valence-electron chi connectivity index (χ1n) is 6.61. The Hall–Kier alpha value is -2.70. The maximum absolute atomic E-state index is 11.3. The maximum Gasteiger partial charge on any atom is 0.353 e. The van der Waals surface area contributed by atoms with Gasteiger partial charge in [-0.1, -0.05) is 30.3 Å². The van der Waals surface area contributed by atoms with Crippen molar-refractivity contribution in [2.24, 2.45) is 0 Å². The molecule has 21 heavy (non-hydrogen) atoms. The van der Waals surface area contributed by atoms with Crippen molar-refractivity contribution in [2.45, 2.75) is 26.4 Å². The summed E-state index contributed by atoms with van der Waals surface area (Å²) in [7, 11) is 0. The van der Waals surface area contributed by atoms with Gasteiger partial charge in [0.15, 0.2) is 0 Å². The monoisotopic (exact) mass is 287 g/mol. The molecule has 1 aromatic heterocycles. The topological polar surface area (TPSA) is 93.0 Å². The Morgan fingerprint density at radius 2 is 1.86 bits per heavy atom. The molecule has 7 heteroatoms. The molecule has 0 fully saturated rings. The number of nitro groups is 1. The second-order valence-corrected chi connectivity index (χ2v) is 4.81. The van der Waals surface area contributed by atoms with Crippen molar-refractivity contribution in [1.82, 2.24) is 9.97 Å². The fourth-order valence-electron chi connectivity index (χ4n) is 1.84. The number of hydrogen-bond donors (Lipinski definition) is 2. The molecule has 0 unspecified atom stereocenters. The third-order valence-electron chi connectivity index (χ3n) is 2.73. The Morgan fingerprint density at radius 1 is 1.19 bits per heavy atom. The van der Waals surface area contributed by atoms with E-state index in [4.69, 9.17) is 0 Å². The zero-order valence-corrected chi connectivity index (χ0v) is 11.9. The molecule has 2 N–H and O–H groups in total. The molecule has 0 amide bonds. The molecule has 0 saturated carbocycles. The van der Waals surface area contributed by atoms with Gasteiger partial charge in [-0.3, -0.25) is 10.1 Å². The molecule has 0 aliphatic rings. The standard InChI is InChI=1S/C14H17N5O2/c1-10(2)18-14-12(19(20)21)13(16-9-17-14)15-8-11-6-4-3-5-7-11/h3-7,9-10H,8H2,1-2H3,(H2,15,16,17,18). The first-order valence-corrected chi connectivity index (χ1v) is 6.61. The first-order chi connectivity index (χ1) is 10.1. The highest BCUT2D eigenvalue weighted by atomic mass is 16.6. The minimum atomic E-state index is -0.474. The van der Waals surface area contributed by atoms with E-state index in [0.29, 0.717) is 6.54 Å². The van der Waals surface area contributed by atoms with Gasteiger partial charge in [-0.15, -0.1) is 0 Å². The number of nitrogens with one attached hydrogen (secondary N) is 2. The van der Waals surface area contributed by atoms with Crippen LogP contribution in [-0.2, 0) is 6.54 Å². The largest absolute Gasteiger partial charge is 0.362 e. The summed E-state index contributed by atoms with van der Waals surface area (Å²) in [5.41, 5.74) is 0.880. The zero-order valence-electron chi connectivity index (χ0n) is 11.9. The highest BCUT2D eigenvalue weighted by molar-refractivity contribution is 5.69. The smallest absolute Gasteiger partial charge is 0.353 e. The number of nitrogens with zero attached hydrogens (tertiary/aromatic N) is 3. The van der Waals surface area contributed by atoms with Gasteiger partial charge < -0.3 is 10.6 Å². The van der Waals surface area contributed by atoms with Crippen LogP contribution in [0.15, 0.2) is 36.7 Å². The molecule has 0 aliphatic carbocycles.